The van der Waals surface area contributed by atoms with Crippen LogP contribution in [-0.4, -0.2) is 15.1 Å². The van der Waals surface area contributed by atoms with E-state index in [9.17, 15) is 9.50 Å². The summed E-state index contributed by atoms with van der Waals surface area (Å²) in [5.41, 5.74) is 8.55. The van der Waals surface area contributed by atoms with Crippen molar-refractivity contribution in [3.8, 4) is 0 Å². The summed E-state index contributed by atoms with van der Waals surface area (Å²) in [7, 11) is 0. The molecule has 132 valence electrons. The van der Waals surface area contributed by atoms with Gasteiger partial charge in [-0.1, -0.05) is 36.4 Å². The number of halogens is 1. The minimum atomic E-state index is -0.395. The predicted octanol–water partition coefficient (Wildman–Crippen LogP) is 4.54. The number of pyridine rings is 1. The number of aliphatic hydroxyl groups is 1. The third-order valence-corrected chi connectivity index (χ3v) is 4.90. The van der Waals surface area contributed by atoms with Crippen LogP contribution in [0.2, 0.25) is 0 Å². The normalized spacial score (nSPS) is 11.7. The van der Waals surface area contributed by atoms with Gasteiger partial charge in [0, 0.05) is 35.0 Å². The largest absolute Gasteiger partial charge is 0.494 e. The molecule has 3 aromatic rings. The van der Waals surface area contributed by atoms with E-state index in [-0.39, 0.29) is 12.4 Å². The van der Waals surface area contributed by atoms with E-state index in [1.54, 1.807) is 18.3 Å². The van der Waals surface area contributed by atoms with E-state index in [1.165, 1.54) is 17.8 Å². The number of nitrogens with zero attached hydrogens (tertiary/aromatic N) is 2. The molecule has 0 fully saturated rings. The zero-order valence-corrected chi connectivity index (χ0v) is 14.8. The van der Waals surface area contributed by atoms with Gasteiger partial charge >= 0.3 is 0 Å². The second kappa shape index (κ2) is 8.12. The molecule has 0 amide bonds. The molecule has 0 aliphatic heterocycles. The van der Waals surface area contributed by atoms with Gasteiger partial charge in [0.1, 0.15) is 10.9 Å². The van der Waals surface area contributed by atoms with Crippen molar-refractivity contribution < 1.29 is 9.50 Å². The van der Waals surface area contributed by atoms with Gasteiger partial charge in [0.2, 0.25) is 5.88 Å². The molecule has 0 aliphatic rings. The molecule has 0 saturated carbocycles. The zero-order chi connectivity index (χ0) is 18.5. The van der Waals surface area contributed by atoms with Gasteiger partial charge in [0.25, 0.3) is 0 Å². The Bertz CT molecular complexity index is 982. The van der Waals surface area contributed by atoms with Crippen molar-refractivity contribution in [1.29, 1.82) is 0 Å². The Morgan fingerprint density at radius 2 is 1.96 bits per heavy atom. The lowest BCUT2D eigenvalue weighted by Crippen LogP contribution is -2.09. The lowest BCUT2D eigenvalue weighted by molar-refractivity contribution is 0.410. The molecule has 6 heteroatoms. The minimum absolute atomic E-state index is 0.0370. The molecule has 26 heavy (non-hydrogen) atoms. The van der Waals surface area contributed by atoms with Gasteiger partial charge in [-0.3, -0.25) is 4.98 Å². The van der Waals surface area contributed by atoms with Crippen LogP contribution in [0.3, 0.4) is 0 Å². The Hall–Kier alpha value is -2.70. The highest BCUT2D eigenvalue weighted by Gasteiger charge is 2.14. The molecule has 0 atom stereocenters. The number of aromatic nitrogens is 1. The molecule has 0 spiro atoms. The van der Waals surface area contributed by atoms with Crippen LogP contribution in [0.25, 0.3) is 10.9 Å². The first-order valence-corrected chi connectivity index (χ1v) is 8.98. The minimum Gasteiger partial charge on any atom is -0.494 e. The maximum absolute atomic E-state index is 14.1. The smallest absolute Gasteiger partial charge is 0.204 e. The second-order valence-electron chi connectivity index (χ2n) is 5.58. The van der Waals surface area contributed by atoms with Gasteiger partial charge < -0.3 is 10.8 Å². The van der Waals surface area contributed by atoms with Crippen molar-refractivity contribution in [2.45, 2.75) is 12.3 Å². The summed E-state index contributed by atoms with van der Waals surface area (Å²) in [6.45, 7) is 3.46. The Labute approximate surface area is 155 Å². The highest BCUT2D eigenvalue weighted by atomic mass is 32.2. The molecule has 2 aromatic carbocycles. The third-order valence-electron chi connectivity index (χ3n) is 3.86. The number of para-hydroxylation sites is 1. The van der Waals surface area contributed by atoms with Gasteiger partial charge in [-0.25, -0.2) is 9.38 Å². The molecule has 0 unspecified atom stereocenters. The van der Waals surface area contributed by atoms with Gasteiger partial charge in [0.15, 0.2) is 0 Å². The van der Waals surface area contributed by atoms with E-state index in [0.29, 0.717) is 21.9 Å². The van der Waals surface area contributed by atoms with E-state index in [0.717, 1.165) is 16.5 Å². The lowest BCUT2D eigenvalue weighted by atomic mass is 10.1. The fourth-order valence-electron chi connectivity index (χ4n) is 2.68. The van der Waals surface area contributed by atoms with Crippen molar-refractivity contribution >= 4 is 27.7 Å². The van der Waals surface area contributed by atoms with Crippen LogP contribution >= 0.6 is 11.8 Å². The number of nitrogens with two attached hydrogens (primary N) is 1. The maximum Gasteiger partial charge on any atom is 0.204 e. The SMILES string of the molecule is C=C(O)/N=C(/SCc1cccc2cccnc12)c1cccc(F)c1CN. The quantitative estimate of drug-likeness (QED) is 0.394. The number of thioether (sulfide) groups is 1. The van der Waals surface area contributed by atoms with E-state index in [2.05, 4.69) is 16.6 Å². The predicted molar refractivity (Wildman–Crippen MR) is 106 cm³/mol. The number of aliphatic imine (C=N–C) groups is 1. The van der Waals surface area contributed by atoms with Crippen molar-refractivity contribution in [2.24, 2.45) is 10.7 Å². The molecule has 0 radical (unpaired) electrons. The van der Waals surface area contributed by atoms with E-state index in [1.807, 2.05) is 30.3 Å². The van der Waals surface area contributed by atoms with Crippen molar-refractivity contribution in [2.75, 3.05) is 0 Å². The Kier molecular flexibility index (Phi) is 5.65. The van der Waals surface area contributed by atoms with Gasteiger partial charge in [-0.15, -0.1) is 11.8 Å². The molecule has 3 N–H and O–H groups in total. The van der Waals surface area contributed by atoms with Crippen LogP contribution in [0.4, 0.5) is 4.39 Å². The standard InChI is InChI=1S/C20H18FN3OS/c1-13(25)24-20(16-8-3-9-18(21)17(16)11-22)26-12-15-6-2-5-14-7-4-10-23-19(14)15/h2-10,25H,1,11-12,22H2/b24-20+. The average molecular weight is 367 g/mol. The summed E-state index contributed by atoms with van der Waals surface area (Å²) in [6, 6.07) is 14.5. The van der Waals surface area contributed by atoms with Gasteiger partial charge in [0.05, 0.1) is 5.52 Å². The van der Waals surface area contributed by atoms with Crippen LogP contribution in [-0.2, 0) is 12.3 Å². The van der Waals surface area contributed by atoms with Crippen LogP contribution in [0, 0.1) is 5.82 Å². The third kappa shape index (κ3) is 3.92. The molecule has 0 saturated heterocycles. The van der Waals surface area contributed by atoms with Gasteiger partial charge in [-0.05, 0) is 24.3 Å². The van der Waals surface area contributed by atoms with Crippen LogP contribution in [0.5, 0.6) is 0 Å². The molecule has 4 nitrogen and oxygen atoms in total. The number of aliphatic hydroxyl groups excluding tert-OH is 1. The topological polar surface area (TPSA) is 71.5 Å². The summed E-state index contributed by atoms with van der Waals surface area (Å²) in [5, 5.41) is 11.1. The average Bonchev–Trinajstić information content (AvgIpc) is 2.64. The Morgan fingerprint density at radius 1 is 1.19 bits per heavy atom. The molecule has 1 heterocycles. The van der Waals surface area contributed by atoms with Gasteiger partial charge in [-0.2, -0.15) is 0 Å². The van der Waals surface area contributed by atoms with Crippen LogP contribution < -0.4 is 5.73 Å². The Balaban J connectivity index is 1.96. The molecule has 3 rings (SSSR count). The van der Waals surface area contributed by atoms with E-state index >= 15 is 0 Å². The fraction of sp³-hybridized carbons (Fsp3) is 0.100. The Morgan fingerprint density at radius 3 is 2.73 bits per heavy atom. The zero-order valence-electron chi connectivity index (χ0n) is 14.0. The van der Waals surface area contributed by atoms with E-state index < -0.39 is 5.82 Å². The molecule has 0 aliphatic carbocycles. The summed E-state index contributed by atoms with van der Waals surface area (Å²) in [6.07, 6.45) is 1.75. The highest BCUT2D eigenvalue weighted by Crippen LogP contribution is 2.26. The maximum atomic E-state index is 14.1. The summed E-state index contributed by atoms with van der Waals surface area (Å²) in [4.78, 5) is 8.53. The first-order valence-electron chi connectivity index (χ1n) is 8.00. The number of fused-ring (bicyclic) bond motifs is 1. The summed E-state index contributed by atoms with van der Waals surface area (Å²) in [5.74, 6) is -0.175. The number of hydrogen-bond donors (Lipinski definition) is 2. The first-order chi connectivity index (χ1) is 12.6. The second-order valence-corrected chi connectivity index (χ2v) is 6.55. The van der Waals surface area contributed by atoms with E-state index in [4.69, 9.17) is 5.73 Å². The lowest BCUT2D eigenvalue weighted by Gasteiger charge is -2.12. The number of hydrogen-bond acceptors (Lipinski definition) is 5. The summed E-state index contributed by atoms with van der Waals surface area (Å²) < 4.78 is 14.1. The summed E-state index contributed by atoms with van der Waals surface area (Å²) >= 11 is 1.38. The number of benzene rings is 2. The molecular weight excluding hydrogens is 349 g/mol. The van der Waals surface area contributed by atoms with Crippen molar-refractivity contribution in [1.82, 2.24) is 4.98 Å². The monoisotopic (exact) mass is 367 g/mol. The first kappa shape index (κ1) is 18.1. The van der Waals surface area contributed by atoms with Crippen molar-refractivity contribution in [3.63, 3.8) is 0 Å². The highest BCUT2D eigenvalue weighted by molar-refractivity contribution is 8.13. The van der Waals surface area contributed by atoms with Crippen molar-refractivity contribution in [3.05, 3.63) is 89.7 Å². The van der Waals surface area contributed by atoms with Crippen LogP contribution in [0.15, 0.2) is 72.2 Å². The number of rotatable bonds is 5. The molecular formula is C20H18FN3OS. The van der Waals surface area contributed by atoms with Crippen LogP contribution in [0.1, 0.15) is 16.7 Å². The molecule has 1 aromatic heterocycles. The fourth-order valence-corrected chi connectivity index (χ4v) is 3.73. The molecule has 0 bridgehead atoms.